The Balaban J connectivity index is 1.77. The van der Waals surface area contributed by atoms with Gasteiger partial charge in [0.25, 0.3) is 5.91 Å². The molecule has 42 heavy (non-hydrogen) atoms. The van der Waals surface area contributed by atoms with Gasteiger partial charge in [0.15, 0.2) is 0 Å². The van der Waals surface area contributed by atoms with Crippen LogP contribution < -0.4 is 4.90 Å². The van der Waals surface area contributed by atoms with Crippen LogP contribution in [0.15, 0.2) is 43.5 Å². The number of aryl methyl sites for hydroxylation is 2. The van der Waals surface area contributed by atoms with Crippen molar-refractivity contribution in [3.63, 3.8) is 0 Å². The van der Waals surface area contributed by atoms with E-state index in [1.54, 1.807) is 26.9 Å². The second-order valence-electron chi connectivity index (χ2n) is 11.9. The zero-order chi connectivity index (χ0) is 30.6. The van der Waals surface area contributed by atoms with Gasteiger partial charge in [0.05, 0.1) is 17.9 Å². The van der Waals surface area contributed by atoms with Crippen molar-refractivity contribution in [3.05, 3.63) is 54.6 Å². The fourth-order valence-corrected chi connectivity index (χ4v) is 8.14. The van der Waals surface area contributed by atoms with Crippen molar-refractivity contribution in [2.45, 2.75) is 81.9 Å². The SMILES string of the molecule is C=CCN(CCC)C(=O)[C@H]1[C@@H]2OC3(CC2Br)C(C(=O)N(CC=C)c2cc(C)ccc2C)N(CCCCCCO)C(=O)[C@H]13. The lowest BCUT2D eigenvalue weighted by molar-refractivity contribution is -0.145. The molecule has 1 N–H and O–H groups in total. The molecule has 3 unspecified atom stereocenters. The van der Waals surface area contributed by atoms with E-state index in [9.17, 15) is 19.5 Å². The Bertz CT molecular complexity index is 1190. The zero-order valence-corrected chi connectivity index (χ0v) is 26.9. The molecule has 3 aliphatic rings. The number of hydrogen-bond acceptors (Lipinski definition) is 5. The average Bonchev–Trinajstić information content (AvgIpc) is 3.55. The molecule has 0 radical (unpaired) electrons. The highest BCUT2D eigenvalue weighted by molar-refractivity contribution is 9.09. The van der Waals surface area contributed by atoms with E-state index in [0.717, 1.165) is 36.1 Å². The molecule has 1 spiro atoms. The van der Waals surface area contributed by atoms with Crippen molar-refractivity contribution in [1.29, 1.82) is 0 Å². The second kappa shape index (κ2) is 13.9. The molecule has 1 aromatic rings. The van der Waals surface area contributed by atoms with Gasteiger partial charge >= 0.3 is 0 Å². The summed E-state index contributed by atoms with van der Waals surface area (Å²) in [5.74, 6) is -1.90. The van der Waals surface area contributed by atoms with Crippen LogP contribution in [-0.4, -0.2) is 88.0 Å². The van der Waals surface area contributed by atoms with E-state index < -0.39 is 29.6 Å². The fourth-order valence-electron chi connectivity index (χ4n) is 7.20. The molecule has 8 nitrogen and oxygen atoms in total. The van der Waals surface area contributed by atoms with E-state index in [4.69, 9.17) is 4.74 Å². The number of anilines is 1. The number of amides is 3. The topological polar surface area (TPSA) is 90.4 Å². The lowest BCUT2D eigenvalue weighted by Gasteiger charge is -2.38. The van der Waals surface area contributed by atoms with Crippen molar-refractivity contribution in [3.8, 4) is 0 Å². The summed E-state index contributed by atoms with van der Waals surface area (Å²) in [7, 11) is 0. The minimum absolute atomic E-state index is 0.111. The number of carbonyl (C=O) groups is 3. The van der Waals surface area contributed by atoms with E-state index in [1.165, 1.54) is 0 Å². The third-order valence-corrected chi connectivity index (χ3v) is 9.85. The molecule has 0 saturated carbocycles. The van der Waals surface area contributed by atoms with Crippen LogP contribution in [-0.2, 0) is 19.1 Å². The first-order valence-corrected chi connectivity index (χ1v) is 16.2. The highest BCUT2D eigenvalue weighted by Crippen LogP contribution is 2.60. The molecule has 3 fully saturated rings. The summed E-state index contributed by atoms with van der Waals surface area (Å²) in [4.78, 5) is 48.3. The fraction of sp³-hybridized carbons (Fsp3) is 0.606. The molecule has 6 atom stereocenters. The van der Waals surface area contributed by atoms with Crippen LogP contribution in [0.1, 0.15) is 56.6 Å². The molecule has 0 aromatic heterocycles. The van der Waals surface area contributed by atoms with E-state index in [1.807, 2.05) is 39.0 Å². The predicted molar refractivity (Wildman–Crippen MR) is 169 cm³/mol. The van der Waals surface area contributed by atoms with E-state index >= 15 is 0 Å². The Morgan fingerprint density at radius 1 is 1.14 bits per heavy atom. The summed E-state index contributed by atoms with van der Waals surface area (Å²) >= 11 is 3.78. The normalized spacial score (nSPS) is 27.7. The molecule has 3 heterocycles. The largest absolute Gasteiger partial charge is 0.396 e. The van der Waals surface area contributed by atoms with E-state index in [0.29, 0.717) is 38.9 Å². The minimum atomic E-state index is -1.11. The molecule has 3 amide bonds. The number of fused-ring (bicyclic) bond motifs is 1. The van der Waals surface area contributed by atoms with E-state index in [2.05, 4.69) is 29.1 Å². The first-order valence-electron chi connectivity index (χ1n) is 15.3. The Morgan fingerprint density at radius 3 is 2.52 bits per heavy atom. The van der Waals surface area contributed by atoms with Crippen LogP contribution in [0.3, 0.4) is 0 Å². The summed E-state index contributed by atoms with van der Waals surface area (Å²) in [5.41, 5.74) is 1.65. The van der Waals surface area contributed by atoms with Gasteiger partial charge in [0.2, 0.25) is 11.8 Å². The molecule has 2 bridgehead atoms. The number of unbranched alkanes of at least 4 members (excludes halogenated alkanes) is 3. The number of alkyl halides is 1. The van der Waals surface area contributed by atoms with Crippen molar-refractivity contribution in [2.24, 2.45) is 11.8 Å². The first-order chi connectivity index (χ1) is 20.2. The third-order valence-electron chi connectivity index (χ3n) is 9.00. The first kappa shape index (κ1) is 32.4. The van der Waals surface area contributed by atoms with Crippen molar-refractivity contribution in [2.75, 3.05) is 37.7 Å². The molecule has 3 aliphatic heterocycles. The number of rotatable bonds is 15. The summed E-state index contributed by atoms with van der Waals surface area (Å²) in [6.45, 7) is 15.5. The summed E-state index contributed by atoms with van der Waals surface area (Å²) in [6, 6.07) is 5.14. The number of hydrogen-bond donors (Lipinski definition) is 1. The zero-order valence-electron chi connectivity index (χ0n) is 25.3. The number of carbonyl (C=O) groups excluding carboxylic acids is 3. The number of likely N-dealkylation sites (tertiary alicyclic amines) is 1. The molecular formula is C33H46BrN3O5. The molecule has 3 saturated heterocycles. The number of ether oxygens (including phenoxy) is 1. The van der Waals surface area contributed by atoms with Crippen LogP contribution >= 0.6 is 15.9 Å². The van der Waals surface area contributed by atoms with Gasteiger partial charge in [-0.05, 0) is 56.7 Å². The van der Waals surface area contributed by atoms with Crippen LogP contribution in [0, 0.1) is 25.7 Å². The number of benzene rings is 1. The van der Waals surface area contributed by atoms with Gasteiger partial charge in [-0.1, -0.05) is 60.0 Å². The summed E-state index contributed by atoms with van der Waals surface area (Å²) < 4.78 is 6.74. The quantitative estimate of drug-likeness (QED) is 0.172. The number of aliphatic hydroxyl groups excluding tert-OH is 1. The maximum Gasteiger partial charge on any atom is 0.253 e. The minimum Gasteiger partial charge on any atom is -0.396 e. The van der Waals surface area contributed by atoms with Crippen LogP contribution in [0.5, 0.6) is 0 Å². The standard InChI is InChI=1S/C33H46BrN3O5/c1-6-15-35(16-7-2)30(39)26-27-31(40)37(18-11-9-10-12-19-38)29(33(27)21-24(34)28(26)42-33)32(41)36(17-8-3)25-20-22(4)13-14-23(25)5/h6,8,13-14,20,24,26-29,38H,1,3,7,9-12,15-19,21H2,2,4-5H3/t24?,26-,27+,28-,29?,33?/m1/s1. The molecule has 1 aromatic carbocycles. The predicted octanol–water partition coefficient (Wildman–Crippen LogP) is 4.55. The number of aliphatic hydroxyl groups is 1. The molecule has 0 aliphatic carbocycles. The van der Waals surface area contributed by atoms with E-state index in [-0.39, 0.29) is 35.7 Å². The maximum absolute atomic E-state index is 14.8. The highest BCUT2D eigenvalue weighted by atomic mass is 79.9. The van der Waals surface area contributed by atoms with Gasteiger partial charge in [-0.25, -0.2) is 0 Å². The van der Waals surface area contributed by atoms with Crippen LogP contribution in [0.25, 0.3) is 0 Å². The van der Waals surface area contributed by atoms with Gasteiger partial charge in [-0.15, -0.1) is 13.2 Å². The Morgan fingerprint density at radius 2 is 1.86 bits per heavy atom. The average molecular weight is 645 g/mol. The number of nitrogens with zero attached hydrogens (tertiary/aromatic N) is 3. The van der Waals surface area contributed by atoms with Crippen molar-refractivity contribution >= 4 is 39.3 Å². The highest BCUT2D eigenvalue weighted by Gasteiger charge is 2.76. The molecular weight excluding hydrogens is 598 g/mol. The van der Waals surface area contributed by atoms with Crippen molar-refractivity contribution < 1.29 is 24.2 Å². The smallest absolute Gasteiger partial charge is 0.253 e. The Kier molecular flexibility index (Phi) is 10.7. The molecule has 230 valence electrons. The monoisotopic (exact) mass is 643 g/mol. The molecule has 9 heteroatoms. The Labute approximate surface area is 258 Å². The third kappa shape index (κ3) is 5.84. The Hall–Kier alpha value is -2.49. The summed E-state index contributed by atoms with van der Waals surface area (Å²) in [6.07, 6.45) is 7.24. The van der Waals surface area contributed by atoms with Crippen LogP contribution in [0.2, 0.25) is 0 Å². The van der Waals surface area contributed by atoms with Gasteiger partial charge in [0.1, 0.15) is 11.6 Å². The van der Waals surface area contributed by atoms with Crippen molar-refractivity contribution in [1.82, 2.24) is 9.80 Å². The lowest BCUT2D eigenvalue weighted by Crippen LogP contribution is -2.57. The lowest BCUT2D eigenvalue weighted by atomic mass is 9.70. The molecule has 4 rings (SSSR count). The summed E-state index contributed by atoms with van der Waals surface area (Å²) in [5, 5.41) is 9.22. The van der Waals surface area contributed by atoms with Gasteiger partial charge in [0, 0.05) is 43.3 Å². The van der Waals surface area contributed by atoms with Gasteiger partial charge < -0.3 is 24.5 Å². The van der Waals surface area contributed by atoms with Crippen LogP contribution in [0.4, 0.5) is 5.69 Å². The second-order valence-corrected chi connectivity index (χ2v) is 13.1. The maximum atomic E-state index is 14.8. The van der Waals surface area contributed by atoms with Gasteiger partial charge in [-0.2, -0.15) is 0 Å². The number of halogens is 1. The van der Waals surface area contributed by atoms with Gasteiger partial charge in [-0.3, -0.25) is 14.4 Å².